The van der Waals surface area contributed by atoms with E-state index in [9.17, 15) is 0 Å². The predicted molar refractivity (Wildman–Crippen MR) is 234 cm³/mol. The Labute approximate surface area is 316 Å². The van der Waals surface area contributed by atoms with Gasteiger partial charge >= 0.3 is 0 Å². The number of aromatic nitrogens is 1. The highest BCUT2D eigenvalue weighted by Crippen LogP contribution is 2.45. The number of para-hydroxylation sites is 1. The zero-order valence-electron chi connectivity index (χ0n) is 30.4. The molecule has 0 radical (unpaired) electrons. The van der Waals surface area contributed by atoms with Gasteiger partial charge in [0.05, 0.1) is 11.2 Å². The van der Waals surface area contributed by atoms with Crippen molar-refractivity contribution in [3.8, 4) is 22.3 Å². The van der Waals surface area contributed by atoms with E-state index in [0.717, 1.165) is 45.7 Å². The lowest BCUT2D eigenvalue weighted by atomic mass is 9.98. The van der Waals surface area contributed by atoms with Crippen molar-refractivity contribution in [2.24, 2.45) is 0 Å². The van der Waals surface area contributed by atoms with E-state index in [1.807, 2.05) is 30.4 Å². The highest BCUT2D eigenvalue weighted by Gasteiger charge is 2.21. The van der Waals surface area contributed by atoms with Crippen LogP contribution in [0.5, 0.6) is 0 Å². The lowest BCUT2D eigenvalue weighted by Crippen LogP contribution is -2.10. The van der Waals surface area contributed by atoms with Gasteiger partial charge in [0.25, 0.3) is 0 Å². The quantitative estimate of drug-likeness (QED) is 0.141. The van der Waals surface area contributed by atoms with Crippen LogP contribution in [0.15, 0.2) is 170 Å². The fraction of sp³-hybridized carbons (Fsp3) is 0.0800. The average molecular weight is 703 g/mol. The molecule has 53 heavy (non-hydrogen) atoms. The minimum Gasteiger partial charge on any atom is -0.354 e. The molecule has 0 atom stereocenters. The SMILES string of the molecule is C=C/C(=C\C=C/C)c1ccc(N(c2ccc(-c3ccccc3)cc2)c2ccc(-c3ccc4c(/C=C\CC)c(C)sc4c3)cc2)c2c1[nH]c1ccccc12. The van der Waals surface area contributed by atoms with E-state index in [4.69, 9.17) is 0 Å². The van der Waals surface area contributed by atoms with E-state index < -0.39 is 0 Å². The molecule has 0 amide bonds. The second-order valence-corrected chi connectivity index (χ2v) is 14.5. The Bertz CT molecular complexity index is 2670. The maximum Gasteiger partial charge on any atom is 0.0565 e. The highest BCUT2D eigenvalue weighted by atomic mass is 32.1. The van der Waals surface area contributed by atoms with E-state index in [-0.39, 0.29) is 0 Å². The molecule has 8 rings (SSSR count). The zero-order valence-corrected chi connectivity index (χ0v) is 31.3. The van der Waals surface area contributed by atoms with Crippen LogP contribution in [0.4, 0.5) is 17.1 Å². The summed E-state index contributed by atoms with van der Waals surface area (Å²) in [6.45, 7) is 10.6. The Kier molecular flexibility index (Phi) is 9.50. The van der Waals surface area contributed by atoms with Crippen LogP contribution < -0.4 is 4.90 Å². The van der Waals surface area contributed by atoms with Gasteiger partial charge in [0.1, 0.15) is 0 Å². The number of anilines is 3. The van der Waals surface area contributed by atoms with Crippen molar-refractivity contribution >= 4 is 71.9 Å². The molecule has 0 aliphatic rings. The van der Waals surface area contributed by atoms with Crippen LogP contribution in [-0.4, -0.2) is 4.98 Å². The number of rotatable bonds is 10. The number of nitrogens with one attached hydrogen (secondary N) is 1. The number of hydrogen-bond donors (Lipinski definition) is 1. The second-order valence-electron chi connectivity index (χ2n) is 13.3. The predicted octanol–water partition coefficient (Wildman–Crippen LogP) is 15.2. The van der Waals surface area contributed by atoms with Gasteiger partial charge in [0.15, 0.2) is 0 Å². The van der Waals surface area contributed by atoms with Gasteiger partial charge in [-0.2, -0.15) is 0 Å². The maximum atomic E-state index is 4.18. The fourth-order valence-electron chi connectivity index (χ4n) is 7.36. The Hall–Kier alpha value is -6.16. The number of aryl methyl sites for hydroxylation is 1. The van der Waals surface area contributed by atoms with Gasteiger partial charge in [0.2, 0.25) is 0 Å². The van der Waals surface area contributed by atoms with E-state index in [2.05, 4.69) is 188 Å². The third-order valence-electron chi connectivity index (χ3n) is 10.0. The fourth-order valence-corrected chi connectivity index (χ4v) is 8.45. The smallest absolute Gasteiger partial charge is 0.0565 e. The largest absolute Gasteiger partial charge is 0.354 e. The molecule has 2 nitrogen and oxygen atoms in total. The molecule has 8 aromatic rings. The van der Waals surface area contributed by atoms with E-state index >= 15 is 0 Å². The van der Waals surface area contributed by atoms with Gasteiger partial charge in [-0.3, -0.25) is 0 Å². The molecule has 6 aromatic carbocycles. The standard InChI is InChI=1S/C50H42N2S/c1-5-8-15-35(7-3)43-31-32-47(49-45-19-13-14-20-46(45)51-50(43)49)52(40-26-21-37(22-27-40)36-16-11-10-12-17-36)41-28-23-38(24-29-41)39-25-30-44-42(18-9-6-2)34(4)53-48(44)33-39/h5,7-33,51H,3,6H2,1-2,4H3/b8-5-,18-9-,35-15+. The molecule has 0 aliphatic carbocycles. The summed E-state index contributed by atoms with van der Waals surface area (Å²) in [4.78, 5) is 7.54. The van der Waals surface area contributed by atoms with Crippen molar-refractivity contribution in [3.05, 3.63) is 186 Å². The Balaban J connectivity index is 1.29. The van der Waals surface area contributed by atoms with Crippen LogP contribution in [0.1, 0.15) is 36.3 Å². The van der Waals surface area contributed by atoms with Gasteiger partial charge in [-0.1, -0.05) is 141 Å². The van der Waals surface area contributed by atoms with Crippen LogP contribution in [0, 0.1) is 6.92 Å². The van der Waals surface area contributed by atoms with Crippen LogP contribution in [0.25, 0.3) is 65.8 Å². The number of fused-ring (bicyclic) bond motifs is 4. The molecule has 0 fully saturated rings. The van der Waals surface area contributed by atoms with Gasteiger partial charge in [-0.15, -0.1) is 11.3 Å². The summed E-state index contributed by atoms with van der Waals surface area (Å²) in [5.41, 5.74) is 13.8. The molecular weight excluding hydrogens is 661 g/mol. The topological polar surface area (TPSA) is 19.0 Å². The Morgan fingerprint density at radius 2 is 1.40 bits per heavy atom. The lowest BCUT2D eigenvalue weighted by Gasteiger charge is -2.27. The third-order valence-corrected chi connectivity index (χ3v) is 11.1. The molecule has 1 N–H and O–H groups in total. The molecule has 0 saturated heterocycles. The Morgan fingerprint density at radius 1 is 0.736 bits per heavy atom. The van der Waals surface area contributed by atoms with E-state index in [0.29, 0.717) is 0 Å². The highest BCUT2D eigenvalue weighted by molar-refractivity contribution is 7.19. The molecule has 0 spiro atoms. The van der Waals surface area contributed by atoms with Crippen molar-refractivity contribution in [1.82, 2.24) is 4.98 Å². The molecule has 0 aliphatic heterocycles. The monoisotopic (exact) mass is 702 g/mol. The van der Waals surface area contributed by atoms with Crippen molar-refractivity contribution in [3.63, 3.8) is 0 Å². The van der Waals surface area contributed by atoms with Crippen molar-refractivity contribution in [1.29, 1.82) is 0 Å². The molecule has 2 aromatic heterocycles. The van der Waals surface area contributed by atoms with Crippen LogP contribution in [-0.2, 0) is 0 Å². The number of thiophene rings is 1. The maximum absolute atomic E-state index is 4.18. The summed E-state index contributed by atoms with van der Waals surface area (Å²) >= 11 is 1.88. The molecule has 2 heterocycles. The van der Waals surface area contributed by atoms with Gasteiger partial charge < -0.3 is 9.88 Å². The van der Waals surface area contributed by atoms with Crippen LogP contribution in [0.3, 0.4) is 0 Å². The van der Waals surface area contributed by atoms with Gasteiger partial charge in [-0.05, 0) is 102 Å². The van der Waals surface area contributed by atoms with Gasteiger partial charge in [-0.25, -0.2) is 0 Å². The third kappa shape index (κ3) is 6.45. The summed E-state index contributed by atoms with van der Waals surface area (Å²) in [5.74, 6) is 0. The second kappa shape index (κ2) is 14.8. The van der Waals surface area contributed by atoms with E-state index in [1.54, 1.807) is 0 Å². The molecule has 0 unspecified atom stereocenters. The average Bonchev–Trinajstić information content (AvgIpc) is 3.75. The van der Waals surface area contributed by atoms with Crippen molar-refractivity contribution in [2.75, 3.05) is 4.90 Å². The number of nitrogens with zero attached hydrogens (tertiary/aromatic N) is 1. The summed E-state index contributed by atoms with van der Waals surface area (Å²) in [6, 6.07) is 48.5. The molecular formula is C50H42N2S. The number of benzene rings is 6. The first-order valence-corrected chi connectivity index (χ1v) is 19.1. The summed E-state index contributed by atoms with van der Waals surface area (Å²) in [6.07, 6.45) is 13.7. The lowest BCUT2D eigenvalue weighted by molar-refractivity contribution is 1.23. The number of H-pyrrole nitrogens is 1. The van der Waals surface area contributed by atoms with Crippen LogP contribution >= 0.6 is 11.3 Å². The normalized spacial score (nSPS) is 12.2. The molecule has 3 heteroatoms. The summed E-state index contributed by atoms with van der Waals surface area (Å²) in [5, 5.41) is 3.69. The van der Waals surface area contributed by atoms with Gasteiger partial charge in [0, 0.05) is 42.8 Å². The number of aromatic amines is 1. The number of allylic oxidation sites excluding steroid dienone is 6. The summed E-state index contributed by atoms with van der Waals surface area (Å²) in [7, 11) is 0. The first kappa shape index (κ1) is 34.0. The number of hydrogen-bond acceptors (Lipinski definition) is 2. The Morgan fingerprint density at radius 3 is 2.09 bits per heavy atom. The molecule has 0 saturated carbocycles. The van der Waals surface area contributed by atoms with E-state index in [1.165, 1.54) is 53.6 Å². The first-order chi connectivity index (χ1) is 26.1. The first-order valence-electron chi connectivity index (χ1n) is 18.3. The zero-order chi connectivity index (χ0) is 36.3. The molecule has 0 bridgehead atoms. The minimum absolute atomic E-state index is 1.04. The van der Waals surface area contributed by atoms with Crippen LogP contribution in [0.2, 0.25) is 0 Å². The van der Waals surface area contributed by atoms with Crippen molar-refractivity contribution in [2.45, 2.75) is 27.2 Å². The summed E-state index contributed by atoms with van der Waals surface area (Å²) < 4.78 is 1.32. The molecule has 258 valence electrons. The van der Waals surface area contributed by atoms with Crippen molar-refractivity contribution < 1.29 is 0 Å². The minimum atomic E-state index is 1.04.